The zero-order valence-corrected chi connectivity index (χ0v) is 10.9. The van der Waals surface area contributed by atoms with Crippen molar-refractivity contribution in [3.63, 3.8) is 0 Å². The summed E-state index contributed by atoms with van der Waals surface area (Å²) in [6, 6.07) is 8.74. The molecule has 1 aliphatic rings. The molecule has 0 aliphatic carbocycles. The van der Waals surface area contributed by atoms with Gasteiger partial charge >= 0.3 is 0 Å². The molecular weight excluding hydrogens is 262 g/mol. The Bertz CT molecular complexity index is 655. The molecule has 3 rings (SSSR count). The fourth-order valence-corrected chi connectivity index (χ4v) is 2.52. The fourth-order valence-electron chi connectivity index (χ4n) is 2.52. The highest BCUT2D eigenvalue weighted by Crippen LogP contribution is 2.41. The third-order valence-electron chi connectivity index (χ3n) is 3.54. The molecule has 1 heterocycles. The summed E-state index contributed by atoms with van der Waals surface area (Å²) in [5.74, 6) is -0.552. The van der Waals surface area contributed by atoms with E-state index in [9.17, 15) is 13.9 Å². The summed E-state index contributed by atoms with van der Waals surface area (Å²) in [5.41, 5.74) is 1.83. The number of rotatable bonds is 1. The van der Waals surface area contributed by atoms with E-state index in [0.717, 1.165) is 5.56 Å². The van der Waals surface area contributed by atoms with Gasteiger partial charge in [-0.1, -0.05) is 11.6 Å². The van der Waals surface area contributed by atoms with E-state index in [1.54, 1.807) is 12.1 Å². The van der Waals surface area contributed by atoms with Crippen LogP contribution in [-0.2, 0) is 0 Å². The lowest BCUT2D eigenvalue weighted by Crippen LogP contribution is -2.20. The van der Waals surface area contributed by atoms with Crippen molar-refractivity contribution in [1.82, 2.24) is 0 Å². The minimum atomic E-state index is -0.788. The Labute approximate surface area is 115 Å². The van der Waals surface area contributed by atoms with E-state index in [1.165, 1.54) is 24.3 Å². The van der Waals surface area contributed by atoms with Crippen molar-refractivity contribution < 1.29 is 18.6 Å². The van der Waals surface area contributed by atoms with Crippen molar-refractivity contribution in [1.29, 1.82) is 0 Å². The molecule has 1 aliphatic heterocycles. The molecule has 2 aromatic rings. The van der Waals surface area contributed by atoms with Crippen LogP contribution in [0.2, 0.25) is 0 Å². The highest BCUT2D eigenvalue weighted by atomic mass is 19.1. The number of halogens is 2. The van der Waals surface area contributed by atoms with Gasteiger partial charge in [0.25, 0.3) is 0 Å². The molecule has 0 bridgehead atoms. The summed E-state index contributed by atoms with van der Waals surface area (Å²) in [4.78, 5) is 0. The third-order valence-corrected chi connectivity index (χ3v) is 3.54. The van der Waals surface area contributed by atoms with Gasteiger partial charge in [-0.25, -0.2) is 8.78 Å². The molecule has 0 spiro atoms. The first kappa shape index (κ1) is 13.1. The number of aliphatic hydroxyl groups is 1. The van der Waals surface area contributed by atoms with Gasteiger partial charge in [0.2, 0.25) is 0 Å². The molecule has 0 aromatic heterocycles. The molecule has 2 nitrogen and oxygen atoms in total. The van der Waals surface area contributed by atoms with Gasteiger partial charge in [-0.05, 0) is 31.2 Å². The number of ether oxygens (including phenoxy) is 1. The normalized spacial score (nSPS) is 21.2. The van der Waals surface area contributed by atoms with Crippen LogP contribution in [0.3, 0.4) is 0 Å². The number of aryl methyl sites for hydroxylation is 1. The zero-order valence-electron chi connectivity index (χ0n) is 10.9. The maximum Gasteiger partial charge on any atom is 0.130 e. The molecule has 0 fully saturated rings. The molecule has 0 amide bonds. The molecule has 4 heteroatoms. The molecule has 2 aromatic carbocycles. The van der Waals surface area contributed by atoms with E-state index >= 15 is 0 Å². The summed E-state index contributed by atoms with van der Waals surface area (Å²) in [6.45, 7) is 1.86. The van der Waals surface area contributed by atoms with Crippen molar-refractivity contribution in [3.8, 4) is 5.75 Å². The lowest BCUT2D eigenvalue weighted by Gasteiger charge is -2.30. The minimum Gasteiger partial charge on any atom is -0.485 e. The van der Waals surface area contributed by atoms with E-state index < -0.39 is 18.0 Å². The zero-order chi connectivity index (χ0) is 14.3. The molecule has 2 unspecified atom stereocenters. The van der Waals surface area contributed by atoms with Crippen LogP contribution < -0.4 is 4.74 Å². The number of benzene rings is 2. The average molecular weight is 276 g/mol. The number of aliphatic hydroxyl groups excluding tert-OH is 1. The Hall–Kier alpha value is -1.94. The molecule has 0 radical (unpaired) electrons. The van der Waals surface area contributed by atoms with Crippen LogP contribution in [0.15, 0.2) is 36.4 Å². The van der Waals surface area contributed by atoms with Crippen molar-refractivity contribution in [3.05, 3.63) is 64.7 Å². The second kappa shape index (κ2) is 4.87. The van der Waals surface area contributed by atoms with Gasteiger partial charge in [0.15, 0.2) is 0 Å². The topological polar surface area (TPSA) is 29.5 Å². The maximum absolute atomic E-state index is 13.9. The molecule has 0 saturated carbocycles. The highest BCUT2D eigenvalue weighted by molar-refractivity contribution is 5.39. The van der Waals surface area contributed by atoms with E-state index in [-0.39, 0.29) is 18.0 Å². The molecule has 0 saturated heterocycles. The van der Waals surface area contributed by atoms with Crippen molar-refractivity contribution >= 4 is 0 Å². The first-order valence-corrected chi connectivity index (χ1v) is 6.45. The van der Waals surface area contributed by atoms with Gasteiger partial charge in [0.1, 0.15) is 23.5 Å². The fraction of sp³-hybridized carbons (Fsp3) is 0.250. The Morgan fingerprint density at radius 3 is 2.70 bits per heavy atom. The first-order valence-electron chi connectivity index (χ1n) is 6.45. The summed E-state index contributed by atoms with van der Waals surface area (Å²) in [5, 5.41) is 10.1. The Balaban J connectivity index is 2.00. The average Bonchev–Trinajstić information content (AvgIpc) is 2.41. The molecular formula is C16H14F2O2. The largest absolute Gasteiger partial charge is 0.485 e. The maximum atomic E-state index is 13.9. The summed E-state index contributed by atoms with van der Waals surface area (Å²) in [7, 11) is 0. The van der Waals surface area contributed by atoms with Gasteiger partial charge in [0.05, 0.1) is 6.10 Å². The summed E-state index contributed by atoms with van der Waals surface area (Å²) >= 11 is 0. The first-order chi connectivity index (χ1) is 9.54. The van der Waals surface area contributed by atoms with Crippen LogP contribution in [-0.4, -0.2) is 5.11 Å². The molecule has 20 heavy (non-hydrogen) atoms. The van der Waals surface area contributed by atoms with Crippen LogP contribution >= 0.6 is 0 Å². The van der Waals surface area contributed by atoms with Crippen molar-refractivity contribution in [2.24, 2.45) is 0 Å². The lowest BCUT2D eigenvalue weighted by molar-refractivity contribution is 0.0636. The molecule has 1 N–H and O–H groups in total. The third kappa shape index (κ3) is 2.27. The van der Waals surface area contributed by atoms with E-state index in [0.29, 0.717) is 11.1 Å². The standard InChI is InChI=1S/C16H14F2O2/c1-9-2-5-13(18)12(6-9)16-8-14(19)11-4-3-10(17)7-15(11)20-16/h2-7,14,16,19H,8H2,1H3. The van der Waals surface area contributed by atoms with E-state index in [2.05, 4.69) is 0 Å². The van der Waals surface area contributed by atoms with Gasteiger partial charge in [-0.15, -0.1) is 0 Å². The number of fused-ring (bicyclic) bond motifs is 1. The lowest BCUT2D eigenvalue weighted by atomic mass is 9.94. The second-order valence-electron chi connectivity index (χ2n) is 5.07. The Kier molecular flexibility index (Phi) is 3.18. The van der Waals surface area contributed by atoms with Gasteiger partial charge in [0, 0.05) is 23.6 Å². The molecule has 2 atom stereocenters. The van der Waals surface area contributed by atoms with Gasteiger partial charge in [-0.2, -0.15) is 0 Å². The van der Waals surface area contributed by atoms with Crippen molar-refractivity contribution in [2.75, 3.05) is 0 Å². The smallest absolute Gasteiger partial charge is 0.130 e. The monoisotopic (exact) mass is 276 g/mol. The van der Waals surface area contributed by atoms with Crippen LogP contribution in [0.25, 0.3) is 0 Å². The summed E-state index contributed by atoms with van der Waals surface area (Å²) in [6.07, 6.45) is -1.15. The van der Waals surface area contributed by atoms with Crippen LogP contribution in [0.4, 0.5) is 8.78 Å². The Morgan fingerprint density at radius 1 is 1.10 bits per heavy atom. The quantitative estimate of drug-likeness (QED) is 0.857. The molecule has 104 valence electrons. The van der Waals surface area contributed by atoms with Crippen LogP contribution in [0.1, 0.15) is 35.3 Å². The summed E-state index contributed by atoms with van der Waals surface area (Å²) < 4.78 is 32.8. The predicted octanol–water partition coefficient (Wildman–Crippen LogP) is 3.83. The Morgan fingerprint density at radius 2 is 1.90 bits per heavy atom. The minimum absolute atomic E-state index is 0.249. The second-order valence-corrected chi connectivity index (χ2v) is 5.07. The number of hydrogen-bond acceptors (Lipinski definition) is 2. The van der Waals surface area contributed by atoms with E-state index in [1.807, 2.05) is 6.92 Å². The van der Waals surface area contributed by atoms with Gasteiger partial charge in [-0.3, -0.25) is 0 Å². The predicted molar refractivity (Wildman–Crippen MR) is 70.5 cm³/mol. The van der Waals surface area contributed by atoms with Gasteiger partial charge < -0.3 is 9.84 Å². The highest BCUT2D eigenvalue weighted by Gasteiger charge is 2.30. The van der Waals surface area contributed by atoms with Crippen LogP contribution in [0, 0.1) is 18.6 Å². The van der Waals surface area contributed by atoms with E-state index in [4.69, 9.17) is 4.74 Å². The SMILES string of the molecule is Cc1ccc(F)c(C2CC(O)c3ccc(F)cc3O2)c1. The van der Waals surface area contributed by atoms with Crippen molar-refractivity contribution in [2.45, 2.75) is 25.6 Å². The number of hydrogen-bond donors (Lipinski definition) is 1. The van der Waals surface area contributed by atoms with Crippen LogP contribution in [0.5, 0.6) is 5.75 Å².